The first-order valence-corrected chi connectivity index (χ1v) is 11.1. The predicted octanol–water partition coefficient (Wildman–Crippen LogP) is 3.19. The molecule has 0 aromatic carbocycles. The van der Waals surface area contributed by atoms with Crippen LogP contribution in [0.15, 0.2) is 23.3 Å². The highest BCUT2D eigenvalue weighted by Gasteiger charge is 2.15. The molecule has 2 aliphatic heterocycles. The molecule has 7 nitrogen and oxygen atoms in total. The largest absolute Gasteiger partial charge is 0.381 e. The van der Waals surface area contributed by atoms with Gasteiger partial charge in [0.2, 0.25) is 0 Å². The molecule has 8 heteroatoms. The van der Waals surface area contributed by atoms with E-state index in [4.69, 9.17) is 9.47 Å². The normalized spacial score (nSPS) is 19.8. The van der Waals surface area contributed by atoms with Crippen LogP contribution in [0.25, 0.3) is 0 Å². The SMILES string of the molecule is CN=C(NCCCOCC1CCOC1)NCc1ccc(N2CCCCCC2)nc1.I. The topological polar surface area (TPSA) is 71.0 Å². The number of halogens is 1. The maximum Gasteiger partial charge on any atom is 0.191 e. The van der Waals surface area contributed by atoms with Gasteiger partial charge in [-0.25, -0.2) is 4.98 Å². The number of nitrogens with one attached hydrogen (secondary N) is 2. The fraction of sp³-hybridized carbons (Fsp3) is 0.727. The number of guanidine groups is 1. The Balaban J connectivity index is 0.00000320. The number of ether oxygens (including phenoxy) is 2. The van der Waals surface area contributed by atoms with Gasteiger partial charge in [-0.2, -0.15) is 0 Å². The molecule has 0 spiro atoms. The van der Waals surface area contributed by atoms with E-state index in [0.717, 1.165) is 76.2 Å². The van der Waals surface area contributed by atoms with Crippen molar-refractivity contribution in [3.8, 4) is 0 Å². The maximum atomic E-state index is 5.74. The van der Waals surface area contributed by atoms with Crippen molar-refractivity contribution in [3.05, 3.63) is 23.9 Å². The minimum atomic E-state index is 0. The number of rotatable bonds is 9. The Morgan fingerprint density at radius 3 is 2.73 bits per heavy atom. The van der Waals surface area contributed by atoms with Crippen LogP contribution < -0.4 is 15.5 Å². The number of anilines is 1. The summed E-state index contributed by atoms with van der Waals surface area (Å²) in [7, 11) is 1.80. The van der Waals surface area contributed by atoms with Crippen LogP contribution in [0.2, 0.25) is 0 Å². The molecule has 1 aromatic heterocycles. The average Bonchev–Trinajstić information content (AvgIpc) is 3.13. The Bertz CT molecular complexity index is 600. The summed E-state index contributed by atoms with van der Waals surface area (Å²) in [6, 6.07) is 4.30. The number of aromatic nitrogens is 1. The molecule has 2 fully saturated rings. The number of nitrogens with zero attached hydrogens (tertiary/aromatic N) is 3. The molecule has 3 rings (SSSR count). The standard InChI is InChI=1S/C22H37N5O2.HI/c1-23-22(24-10-6-13-28-17-20-9-14-29-18-20)26-16-19-7-8-21(25-15-19)27-11-4-2-3-5-12-27;/h7-8,15,20H,2-6,9-14,16-18H2,1H3,(H2,23,24,26);1H. The van der Waals surface area contributed by atoms with Crippen molar-refractivity contribution in [3.63, 3.8) is 0 Å². The Hall–Kier alpha value is -1.13. The molecule has 2 saturated heterocycles. The van der Waals surface area contributed by atoms with Crippen LogP contribution in [0.1, 0.15) is 44.1 Å². The van der Waals surface area contributed by atoms with Crippen molar-refractivity contribution in [2.45, 2.75) is 45.1 Å². The van der Waals surface area contributed by atoms with Gasteiger partial charge in [0, 0.05) is 58.6 Å². The third-order valence-electron chi connectivity index (χ3n) is 5.56. The summed E-state index contributed by atoms with van der Waals surface area (Å²) in [5, 5.41) is 6.70. The van der Waals surface area contributed by atoms with Crippen LogP contribution in [-0.4, -0.2) is 64.1 Å². The summed E-state index contributed by atoms with van der Waals surface area (Å²) in [6.45, 7) is 7.11. The number of hydrogen-bond donors (Lipinski definition) is 2. The second-order valence-electron chi connectivity index (χ2n) is 7.94. The molecule has 0 amide bonds. The smallest absolute Gasteiger partial charge is 0.191 e. The van der Waals surface area contributed by atoms with E-state index < -0.39 is 0 Å². The Morgan fingerprint density at radius 2 is 2.07 bits per heavy atom. The van der Waals surface area contributed by atoms with Crippen LogP contribution in [0.5, 0.6) is 0 Å². The molecule has 0 bridgehead atoms. The van der Waals surface area contributed by atoms with E-state index in [2.05, 4.69) is 37.6 Å². The zero-order valence-electron chi connectivity index (χ0n) is 18.3. The van der Waals surface area contributed by atoms with Gasteiger partial charge in [0.05, 0.1) is 13.2 Å². The lowest BCUT2D eigenvalue weighted by Crippen LogP contribution is -2.37. The van der Waals surface area contributed by atoms with Gasteiger partial charge in [-0.05, 0) is 37.3 Å². The molecule has 1 aromatic rings. The third kappa shape index (κ3) is 8.93. The van der Waals surface area contributed by atoms with Crippen LogP contribution in [0.4, 0.5) is 5.82 Å². The minimum absolute atomic E-state index is 0. The molecular formula is C22H38IN5O2. The van der Waals surface area contributed by atoms with Crippen molar-refractivity contribution in [1.82, 2.24) is 15.6 Å². The van der Waals surface area contributed by atoms with E-state index in [1.54, 1.807) is 7.05 Å². The van der Waals surface area contributed by atoms with E-state index >= 15 is 0 Å². The molecule has 0 saturated carbocycles. The van der Waals surface area contributed by atoms with E-state index in [1.165, 1.54) is 25.7 Å². The van der Waals surface area contributed by atoms with Crippen molar-refractivity contribution in [2.75, 3.05) is 58.0 Å². The minimum Gasteiger partial charge on any atom is -0.381 e. The third-order valence-corrected chi connectivity index (χ3v) is 5.56. The van der Waals surface area contributed by atoms with Gasteiger partial charge in [-0.15, -0.1) is 24.0 Å². The quantitative estimate of drug-likeness (QED) is 0.221. The van der Waals surface area contributed by atoms with Gasteiger partial charge in [-0.3, -0.25) is 4.99 Å². The van der Waals surface area contributed by atoms with Gasteiger partial charge < -0.3 is 25.0 Å². The first kappa shape index (κ1) is 25.1. The Morgan fingerprint density at radius 1 is 1.23 bits per heavy atom. The van der Waals surface area contributed by atoms with Crippen LogP contribution in [-0.2, 0) is 16.0 Å². The molecular weight excluding hydrogens is 493 g/mol. The molecule has 2 N–H and O–H groups in total. The van der Waals surface area contributed by atoms with E-state index in [-0.39, 0.29) is 24.0 Å². The zero-order valence-corrected chi connectivity index (χ0v) is 20.6. The second kappa shape index (κ2) is 14.8. The highest BCUT2D eigenvalue weighted by molar-refractivity contribution is 14.0. The summed E-state index contributed by atoms with van der Waals surface area (Å²) in [5.41, 5.74) is 1.16. The van der Waals surface area contributed by atoms with Crippen molar-refractivity contribution in [1.29, 1.82) is 0 Å². The summed E-state index contributed by atoms with van der Waals surface area (Å²) in [6.07, 6.45) is 9.28. The van der Waals surface area contributed by atoms with Gasteiger partial charge in [-0.1, -0.05) is 18.9 Å². The molecule has 1 atom stereocenters. The average molecular weight is 531 g/mol. The van der Waals surface area contributed by atoms with Crippen LogP contribution in [0, 0.1) is 5.92 Å². The van der Waals surface area contributed by atoms with Gasteiger partial charge in [0.15, 0.2) is 5.96 Å². The second-order valence-corrected chi connectivity index (χ2v) is 7.94. The molecule has 170 valence electrons. The molecule has 30 heavy (non-hydrogen) atoms. The molecule has 0 radical (unpaired) electrons. The van der Waals surface area contributed by atoms with Crippen molar-refractivity contribution >= 4 is 35.8 Å². The lowest BCUT2D eigenvalue weighted by molar-refractivity contribution is 0.0888. The fourth-order valence-electron chi connectivity index (χ4n) is 3.76. The van der Waals surface area contributed by atoms with E-state index in [9.17, 15) is 0 Å². The lowest BCUT2D eigenvalue weighted by Gasteiger charge is -2.21. The van der Waals surface area contributed by atoms with Crippen molar-refractivity contribution in [2.24, 2.45) is 10.9 Å². The molecule has 1 unspecified atom stereocenters. The monoisotopic (exact) mass is 531 g/mol. The van der Waals surface area contributed by atoms with Gasteiger partial charge in [0.25, 0.3) is 0 Å². The molecule has 0 aliphatic carbocycles. The predicted molar refractivity (Wildman–Crippen MR) is 133 cm³/mol. The van der Waals surface area contributed by atoms with E-state index in [0.29, 0.717) is 12.5 Å². The lowest BCUT2D eigenvalue weighted by atomic mass is 10.1. The van der Waals surface area contributed by atoms with Gasteiger partial charge in [0.1, 0.15) is 5.82 Å². The van der Waals surface area contributed by atoms with E-state index in [1.807, 2.05) is 6.20 Å². The zero-order chi connectivity index (χ0) is 20.2. The van der Waals surface area contributed by atoms with Crippen LogP contribution in [0.3, 0.4) is 0 Å². The fourth-order valence-corrected chi connectivity index (χ4v) is 3.76. The molecule has 2 aliphatic rings. The van der Waals surface area contributed by atoms with Crippen LogP contribution >= 0.6 is 24.0 Å². The summed E-state index contributed by atoms with van der Waals surface area (Å²) in [5.74, 6) is 2.49. The highest BCUT2D eigenvalue weighted by Crippen LogP contribution is 2.17. The number of aliphatic imine (C=N–C) groups is 1. The van der Waals surface area contributed by atoms with Crippen molar-refractivity contribution < 1.29 is 9.47 Å². The first-order chi connectivity index (χ1) is 14.3. The summed E-state index contributed by atoms with van der Waals surface area (Å²) in [4.78, 5) is 11.4. The number of hydrogen-bond acceptors (Lipinski definition) is 5. The summed E-state index contributed by atoms with van der Waals surface area (Å²) >= 11 is 0. The first-order valence-electron chi connectivity index (χ1n) is 11.1. The summed E-state index contributed by atoms with van der Waals surface area (Å²) < 4.78 is 11.1. The van der Waals surface area contributed by atoms with Gasteiger partial charge >= 0.3 is 0 Å². The Labute approximate surface area is 198 Å². The number of pyridine rings is 1. The highest BCUT2D eigenvalue weighted by atomic mass is 127. The maximum absolute atomic E-state index is 5.74. The molecule has 3 heterocycles. The Kier molecular flexibility index (Phi) is 12.4.